The quantitative estimate of drug-likeness (QED) is 0.645. The Balaban J connectivity index is 2.48. The molecule has 1 aromatic heterocycles. The summed E-state index contributed by atoms with van der Waals surface area (Å²) >= 11 is 0. The topological polar surface area (TPSA) is 32.9 Å². The van der Waals surface area contributed by atoms with Gasteiger partial charge in [0.25, 0.3) is 5.56 Å². The zero-order valence-electron chi connectivity index (χ0n) is 6.55. The number of rotatable bonds is 1. The Kier molecular flexibility index (Phi) is 1.34. The van der Waals surface area contributed by atoms with Crippen molar-refractivity contribution in [2.75, 3.05) is 0 Å². The van der Waals surface area contributed by atoms with E-state index in [1.54, 1.807) is 0 Å². The van der Waals surface area contributed by atoms with Crippen molar-refractivity contribution in [2.45, 2.75) is 25.7 Å². The molecule has 0 bridgehead atoms. The molecular weight excluding hydrogens is 138 g/mol. The molecule has 1 N–H and O–H groups in total. The fourth-order valence-electron chi connectivity index (χ4n) is 1.30. The second-order valence-electron chi connectivity index (χ2n) is 3.20. The van der Waals surface area contributed by atoms with Gasteiger partial charge in [0.05, 0.1) is 0 Å². The van der Waals surface area contributed by atoms with Crippen LogP contribution in [0.3, 0.4) is 0 Å². The first-order chi connectivity index (χ1) is 5.27. The van der Waals surface area contributed by atoms with Gasteiger partial charge in [-0.2, -0.15) is 0 Å². The van der Waals surface area contributed by atoms with Crippen LogP contribution in [0.2, 0.25) is 0 Å². The first kappa shape index (κ1) is 6.65. The third-order valence-electron chi connectivity index (χ3n) is 2.10. The molecule has 0 amide bonds. The standard InChI is InChI=1S/C9H11NO/c1-6-2-5-8(7-3-4-7)9(11)10-6/h2,5,7H,3-4H2,1H3,(H,10,11). The summed E-state index contributed by atoms with van der Waals surface area (Å²) in [5.74, 6) is 0.555. The number of aromatic amines is 1. The van der Waals surface area contributed by atoms with Crippen molar-refractivity contribution in [1.82, 2.24) is 4.98 Å². The molecule has 1 aliphatic rings. The van der Waals surface area contributed by atoms with Gasteiger partial charge in [0.15, 0.2) is 0 Å². The predicted octanol–water partition coefficient (Wildman–Crippen LogP) is 1.56. The lowest BCUT2D eigenvalue weighted by molar-refractivity contribution is 1.02. The number of nitrogens with one attached hydrogen (secondary N) is 1. The van der Waals surface area contributed by atoms with Crippen LogP contribution in [0, 0.1) is 6.92 Å². The van der Waals surface area contributed by atoms with Crippen LogP contribution in [0.5, 0.6) is 0 Å². The molecule has 1 fully saturated rings. The Morgan fingerprint density at radius 3 is 2.73 bits per heavy atom. The third kappa shape index (κ3) is 1.20. The van der Waals surface area contributed by atoms with Gasteiger partial charge >= 0.3 is 0 Å². The van der Waals surface area contributed by atoms with Gasteiger partial charge in [-0.25, -0.2) is 0 Å². The molecule has 1 aromatic rings. The van der Waals surface area contributed by atoms with Gasteiger partial charge < -0.3 is 4.98 Å². The van der Waals surface area contributed by atoms with Crippen molar-refractivity contribution >= 4 is 0 Å². The van der Waals surface area contributed by atoms with Gasteiger partial charge in [-0.05, 0) is 31.7 Å². The Labute approximate surface area is 65.3 Å². The van der Waals surface area contributed by atoms with Gasteiger partial charge in [-0.3, -0.25) is 4.79 Å². The van der Waals surface area contributed by atoms with Gasteiger partial charge in [0.1, 0.15) is 0 Å². The number of pyridine rings is 1. The molecule has 0 aliphatic heterocycles. The number of aromatic nitrogens is 1. The number of hydrogen-bond acceptors (Lipinski definition) is 1. The second-order valence-corrected chi connectivity index (χ2v) is 3.20. The molecule has 0 atom stereocenters. The Bertz CT molecular complexity index is 323. The first-order valence-corrected chi connectivity index (χ1v) is 3.97. The van der Waals surface area contributed by atoms with E-state index in [1.165, 1.54) is 12.8 Å². The van der Waals surface area contributed by atoms with Crippen LogP contribution in [0.15, 0.2) is 16.9 Å². The molecule has 1 saturated carbocycles. The van der Waals surface area contributed by atoms with Gasteiger partial charge in [0, 0.05) is 11.3 Å². The zero-order valence-corrected chi connectivity index (χ0v) is 6.55. The normalized spacial score (nSPS) is 16.8. The van der Waals surface area contributed by atoms with E-state index in [2.05, 4.69) is 4.98 Å². The summed E-state index contributed by atoms with van der Waals surface area (Å²) in [5, 5.41) is 0. The molecule has 0 spiro atoms. The van der Waals surface area contributed by atoms with E-state index in [4.69, 9.17) is 0 Å². The van der Waals surface area contributed by atoms with Gasteiger partial charge in [0.2, 0.25) is 0 Å². The van der Waals surface area contributed by atoms with Crippen LogP contribution in [0.4, 0.5) is 0 Å². The maximum Gasteiger partial charge on any atom is 0.251 e. The summed E-state index contributed by atoms with van der Waals surface area (Å²) in [6, 6.07) is 3.92. The molecule has 0 radical (unpaired) electrons. The van der Waals surface area contributed by atoms with Crippen molar-refractivity contribution in [3.63, 3.8) is 0 Å². The average Bonchev–Trinajstić information content (AvgIpc) is 2.70. The molecule has 2 nitrogen and oxygen atoms in total. The van der Waals surface area contributed by atoms with E-state index >= 15 is 0 Å². The third-order valence-corrected chi connectivity index (χ3v) is 2.10. The molecule has 2 rings (SSSR count). The largest absolute Gasteiger partial charge is 0.326 e. The van der Waals surface area contributed by atoms with Crippen molar-refractivity contribution in [2.24, 2.45) is 0 Å². The molecule has 0 saturated heterocycles. The van der Waals surface area contributed by atoms with Crippen LogP contribution in [0.25, 0.3) is 0 Å². The van der Waals surface area contributed by atoms with Crippen LogP contribution >= 0.6 is 0 Å². The van der Waals surface area contributed by atoms with Crippen LogP contribution < -0.4 is 5.56 Å². The molecule has 1 heterocycles. The maximum absolute atomic E-state index is 11.3. The summed E-state index contributed by atoms with van der Waals surface area (Å²) in [6.45, 7) is 1.90. The van der Waals surface area contributed by atoms with Crippen LogP contribution in [0.1, 0.15) is 30.0 Å². The molecule has 0 aromatic carbocycles. The fourth-order valence-corrected chi connectivity index (χ4v) is 1.30. The Morgan fingerprint density at radius 2 is 2.18 bits per heavy atom. The number of hydrogen-bond donors (Lipinski definition) is 1. The van der Waals surface area contributed by atoms with Crippen LogP contribution in [-0.2, 0) is 0 Å². The minimum atomic E-state index is 0.104. The van der Waals surface area contributed by atoms with E-state index in [9.17, 15) is 4.79 Å². The van der Waals surface area contributed by atoms with E-state index in [1.807, 2.05) is 19.1 Å². The lowest BCUT2D eigenvalue weighted by Gasteiger charge is -1.96. The van der Waals surface area contributed by atoms with E-state index in [-0.39, 0.29) is 5.56 Å². The first-order valence-electron chi connectivity index (χ1n) is 3.97. The SMILES string of the molecule is Cc1ccc(C2CC2)c(=O)[nH]1. The van der Waals surface area contributed by atoms with Crippen molar-refractivity contribution in [1.29, 1.82) is 0 Å². The Hall–Kier alpha value is -1.05. The minimum absolute atomic E-state index is 0.104. The minimum Gasteiger partial charge on any atom is -0.326 e. The predicted molar refractivity (Wildman–Crippen MR) is 43.8 cm³/mol. The van der Waals surface area contributed by atoms with Crippen molar-refractivity contribution in [3.05, 3.63) is 33.7 Å². The second kappa shape index (κ2) is 2.22. The van der Waals surface area contributed by atoms with Gasteiger partial charge in [-0.1, -0.05) is 6.07 Å². The van der Waals surface area contributed by atoms with E-state index in [0.717, 1.165) is 11.3 Å². The summed E-state index contributed by atoms with van der Waals surface area (Å²) in [7, 11) is 0. The molecule has 2 heteroatoms. The molecule has 0 unspecified atom stereocenters. The highest BCUT2D eigenvalue weighted by molar-refractivity contribution is 5.21. The molecular formula is C9H11NO. The monoisotopic (exact) mass is 149 g/mol. The van der Waals surface area contributed by atoms with Crippen LogP contribution in [-0.4, -0.2) is 4.98 Å². The highest BCUT2D eigenvalue weighted by Crippen LogP contribution is 2.37. The van der Waals surface area contributed by atoms with Crippen molar-refractivity contribution < 1.29 is 0 Å². The van der Waals surface area contributed by atoms with Crippen molar-refractivity contribution in [3.8, 4) is 0 Å². The Morgan fingerprint density at radius 1 is 1.45 bits per heavy atom. The molecule has 1 aliphatic carbocycles. The molecule has 58 valence electrons. The lowest BCUT2D eigenvalue weighted by atomic mass is 10.2. The zero-order chi connectivity index (χ0) is 7.84. The van der Waals surface area contributed by atoms with Gasteiger partial charge in [-0.15, -0.1) is 0 Å². The number of H-pyrrole nitrogens is 1. The summed E-state index contributed by atoms with van der Waals surface area (Å²) in [6.07, 6.45) is 2.37. The fraction of sp³-hybridized carbons (Fsp3) is 0.444. The maximum atomic E-state index is 11.3. The van der Waals surface area contributed by atoms with E-state index < -0.39 is 0 Å². The highest BCUT2D eigenvalue weighted by atomic mass is 16.1. The smallest absolute Gasteiger partial charge is 0.251 e. The summed E-state index contributed by atoms with van der Waals surface area (Å²) < 4.78 is 0. The summed E-state index contributed by atoms with van der Waals surface area (Å²) in [5.41, 5.74) is 2.02. The lowest BCUT2D eigenvalue weighted by Crippen LogP contribution is -2.11. The summed E-state index contributed by atoms with van der Waals surface area (Å²) in [4.78, 5) is 14.1. The molecule has 11 heavy (non-hydrogen) atoms. The highest BCUT2D eigenvalue weighted by Gasteiger charge is 2.25. The average molecular weight is 149 g/mol. The van der Waals surface area contributed by atoms with E-state index in [0.29, 0.717) is 5.92 Å². The number of aryl methyl sites for hydroxylation is 1.